The molecular weight excluding hydrogens is 366 g/mol. The van der Waals surface area contributed by atoms with Gasteiger partial charge < -0.3 is 19.5 Å². The maximum atomic E-state index is 10.4. The zero-order valence-electron chi connectivity index (χ0n) is 17.6. The standard InChI is InChI=1S/C23H33N3O3/c1-25(16-20-7-6-10-24-14-20)15-19-8-9-22(28-2)23(13-19)29-18-21(27)17-26-11-4-3-5-12-26/h6-10,13-14,21,27H,3-5,11-12,15-18H2,1-2H3/t21-/m1/s1. The summed E-state index contributed by atoms with van der Waals surface area (Å²) in [7, 11) is 3.72. The van der Waals surface area contributed by atoms with Gasteiger partial charge in [0.05, 0.1) is 7.11 Å². The third kappa shape index (κ3) is 6.99. The topological polar surface area (TPSA) is 58.1 Å². The van der Waals surface area contributed by atoms with E-state index in [9.17, 15) is 5.11 Å². The smallest absolute Gasteiger partial charge is 0.161 e. The third-order valence-electron chi connectivity index (χ3n) is 5.20. The van der Waals surface area contributed by atoms with E-state index in [1.807, 2.05) is 24.4 Å². The van der Waals surface area contributed by atoms with Gasteiger partial charge in [0.1, 0.15) is 12.7 Å². The van der Waals surface area contributed by atoms with Gasteiger partial charge in [-0.15, -0.1) is 0 Å². The lowest BCUT2D eigenvalue weighted by atomic mass is 10.1. The van der Waals surface area contributed by atoms with Crippen LogP contribution in [0.25, 0.3) is 0 Å². The molecule has 0 radical (unpaired) electrons. The van der Waals surface area contributed by atoms with Crippen LogP contribution in [0.4, 0.5) is 0 Å². The number of aliphatic hydroxyl groups is 1. The summed E-state index contributed by atoms with van der Waals surface area (Å²) in [6, 6.07) is 10.0. The monoisotopic (exact) mass is 399 g/mol. The Hall–Kier alpha value is -2.15. The first kappa shape index (κ1) is 21.6. The molecule has 3 rings (SSSR count). The maximum Gasteiger partial charge on any atom is 0.161 e. The molecule has 1 atom stereocenters. The quantitative estimate of drug-likeness (QED) is 0.663. The van der Waals surface area contributed by atoms with Crippen molar-refractivity contribution < 1.29 is 14.6 Å². The maximum absolute atomic E-state index is 10.4. The fraction of sp³-hybridized carbons (Fsp3) is 0.522. The molecule has 0 unspecified atom stereocenters. The van der Waals surface area contributed by atoms with Crippen molar-refractivity contribution in [1.29, 1.82) is 0 Å². The second kappa shape index (κ2) is 11.1. The van der Waals surface area contributed by atoms with E-state index in [0.29, 0.717) is 18.0 Å². The van der Waals surface area contributed by atoms with Gasteiger partial charge in [-0.1, -0.05) is 18.6 Å². The van der Waals surface area contributed by atoms with Crippen LogP contribution in [-0.4, -0.2) is 66.4 Å². The van der Waals surface area contributed by atoms with Crippen LogP contribution in [0.1, 0.15) is 30.4 Å². The van der Waals surface area contributed by atoms with Crippen molar-refractivity contribution in [3.63, 3.8) is 0 Å². The molecule has 2 aromatic rings. The van der Waals surface area contributed by atoms with E-state index in [-0.39, 0.29) is 6.61 Å². The van der Waals surface area contributed by atoms with E-state index < -0.39 is 6.10 Å². The van der Waals surface area contributed by atoms with Gasteiger partial charge in [0.15, 0.2) is 11.5 Å². The number of benzene rings is 1. The lowest BCUT2D eigenvalue weighted by Crippen LogP contribution is -2.38. The first-order valence-electron chi connectivity index (χ1n) is 10.4. The molecule has 2 heterocycles. The Bertz CT molecular complexity index is 735. The Morgan fingerprint density at radius 1 is 1.10 bits per heavy atom. The molecule has 6 heteroatoms. The predicted octanol–water partition coefficient (Wildman–Crippen LogP) is 2.95. The summed E-state index contributed by atoms with van der Waals surface area (Å²) in [5.41, 5.74) is 2.32. The number of ether oxygens (including phenoxy) is 2. The average molecular weight is 400 g/mol. The van der Waals surface area contributed by atoms with Crippen molar-refractivity contribution in [2.45, 2.75) is 38.5 Å². The fourth-order valence-electron chi connectivity index (χ4n) is 3.78. The number of pyridine rings is 1. The van der Waals surface area contributed by atoms with Crippen LogP contribution in [0, 0.1) is 0 Å². The van der Waals surface area contributed by atoms with Crippen LogP contribution < -0.4 is 9.47 Å². The van der Waals surface area contributed by atoms with Gasteiger partial charge in [0.25, 0.3) is 0 Å². The van der Waals surface area contributed by atoms with Crippen molar-refractivity contribution in [2.75, 3.05) is 40.4 Å². The van der Waals surface area contributed by atoms with Crippen molar-refractivity contribution in [2.24, 2.45) is 0 Å². The molecule has 29 heavy (non-hydrogen) atoms. The molecule has 1 aromatic heterocycles. The lowest BCUT2D eigenvalue weighted by molar-refractivity contribution is 0.0608. The summed E-state index contributed by atoms with van der Waals surface area (Å²) in [5, 5.41) is 10.4. The minimum absolute atomic E-state index is 0.266. The molecular formula is C23H33N3O3. The number of hydrogen-bond acceptors (Lipinski definition) is 6. The van der Waals surface area contributed by atoms with Gasteiger partial charge in [-0.2, -0.15) is 0 Å². The van der Waals surface area contributed by atoms with Crippen LogP contribution in [-0.2, 0) is 13.1 Å². The Balaban J connectivity index is 1.54. The molecule has 158 valence electrons. The predicted molar refractivity (Wildman–Crippen MR) is 114 cm³/mol. The Kier molecular flexibility index (Phi) is 8.28. The first-order valence-corrected chi connectivity index (χ1v) is 10.4. The van der Waals surface area contributed by atoms with Crippen molar-refractivity contribution in [3.8, 4) is 11.5 Å². The molecule has 6 nitrogen and oxygen atoms in total. The summed E-state index contributed by atoms with van der Waals surface area (Å²) >= 11 is 0. The van der Waals surface area contributed by atoms with Gasteiger partial charge in [-0.05, 0) is 62.3 Å². The number of likely N-dealkylation sites (tertiary alicyclic amines) is 1. The molecule has 1 N–H and O–H groups in total. The van der Waals surface area contributed by atoms with E-state index >= 15 is 0 Å². The van der Waals surface area contributed by atoms with Gasteiger partial charge in [-0.3, -0.25) is 9.88 Å². The van der Waals surface area contributed by atoms with Gasteiger partial charge in [0.2, 0.25) is 0 Å². The molecule has 1 fully saturated rings. The molecule has 0 spiro atoms. The number of piperidine rings is 1. The largest absolute Gasteiger partial charge is 0.493 e. The molecule has 0 amide bonds. The van der Waals surface area contributed by atoms with Crippen LogP contribution in [0.5, 0.6) is 11.5 Å². The second-order valence-corrected chi connectivity index (χ2v) is 7.84. The van der Waals surface area contributed by atoms with Crippen LogP contribution in [0.3, 0.4) is 0 Å². The summed E-state index contributed by atoms with van der Waals surface area (Å²) in [6.45, 7) is 4.67. The number of methoxy groups -OCH3 is 1. The van der Waals surface area contributed by atoms with Crippen LogP contribution in [0.2, 0.25) is 0 Å². The Morgan fingerprint density at radius 2 is 1.90 bits per heavy atom. The minimum Gasteiger partial charge on any atom is -0.493 e. The summed E-state index contributed by atoms with van der Waals surface area (Å²) in [5.74, 6) is 1.37. The first-order chi connectivity index (χ1) is 14.1. The second-order valence-electron chi connectivity index (χ2n) is 7.84. The zero-order chi connectivity index (χ0) is 20.5. The average Bonchev–Trinajstić information content (AvgIpc) is 2.74. The minimum atomic E-state index is -0.505. The number of rotatable bonds is 10. The highest BCUT2D eigenvalue weighted by Gasteiger charge is 2.16. The number of β-amino-alcohol motifs (C(OH)–C–C–N with tert-alkyl or cyclic N) is 1. The van der Waals surface area contributed by atoms with Gasteiger partial charge in [0, 0.05) is 32.0 Å². The molecule has 1 aliphatic rings. The number of hydrogen-bond donors (Lipinski definition) is 1. The number of nitrogens with zero attached hydrogens (tertiary/aromatic N) is 3. The van der Waals surface area contributed by atoms with E-state index in [2.05, 4.69) is 34.0 Å². The summed E-state index contributed by atoms with van der Waals surface area (Å²) in [6.07, 6.45) is 6.91. The number of aliphatic hydroxyl groups excluding tert-OH is 1. The van der Waals surface area contributed by atoms with Gasteiger partial charge in [-0.25, -0.2) is 0 Å². The van der Waals surface area contributed by atoms with E-state index in [4.69, 9.17) is 9.47 Å². The molecule has 1 aromatic carbocycles. The zero-order valence-corrected chi connectivity index (χ0v) is 17.6. The molecule has 0 aliphatic carbocycles. The lowest BCUT2D eigenvalue weighted by Gasteiger charge is -2.28. The fourth-order valence-corrected chi connectivity index (χ4v) is 3.78. The van der Waals surface area contributed by atoms with E-state index in [1.54, 1.807) is 13.3 Å². The molecule has 1 aliphatic heterocycles. The Labute approximate surface area is 174 Å². The molecule has 0 saturated carbocycles. The molecule has 1 saturated heterocycles. The van der Waals surface area contributed by atoms with Crippen molar-refractivity contribution >= 4 is 0 Å². The normalized spacial score (nSPS) is 16.0. The SMILES string of the molecule is COc1ccc(CN(C)Cc2cccnc2)cc1OC[C@H](O)CN1CCCCC1. The highest BCUT2D eigenvalue weighted by molar-refractivity contribution is 5.43. The highest BCUT2D eigenvalue weighted by atomic mass is 16.5. The molecule has 0 bridgehead atoms. The van der Waals surface area contributed by atoms with E-state index in [1.165, 1.54) is 24.8 Å². The summed E-state index contributed by atoms with van der Waals surface area (Å²) in [4.78, 5) is 8.72. The highest BCUT2D eigenvalue weighted by Crippen LogP contribution is 2.29. The van der Waals surface area contributed by atoms with Crippen molar-refractivity contribution in [3.05, 3.63) is 53.9 Å². The third-order valence-corrected chi connectivity index (χ3v) is 5.20. The van der Waals surface area contributed by atoms with Crippen LogP contribution >= 0.6 is 0 Å². The number of aromatic nitrogens is 1. The summed E-state index contributed by atoms with van der Waals surface area (Å²) < 4.78 is 11.4. The van der Waals surface area contributed by atoms with Crippen LogP contribution in [0.15, 0.2) is 42.7 Å². The Morgan fingerprint density at radius 3 is 2.62 bits per heavy atom. The van der Waals surface area contributed by atoms with E-state index in [0.717, 1.165) is 31.7 Å². The van der Waals surface area contributed by atoms with Gasteiger partial charge >= 0.3 is 0 Å². The van der Waals surface area contributed by atoms with Crippen molar-refractivity contribution in [1.82, 2.24) is 14.8 Å².